The van der Waals surface area contributed by atoms with Crippen LogP contribution in [0.1, 0.15) is 21.8 Å². The highest BCUT2D eigenvalue weighted by atomic mass is 35.5. The minimum atomic E-state index is -0.246. The van der Waals surface area contributed by atoms with Gasteiger partial charge in [0, 0.05) is 17.6 Å². The van der Waals surface area contributed by atoms with Crippen molar-refractivity contribution < 1.29 is 9.32 Å². The van der Waals surface area contributed by atoms with Gasteiger partial charge in [0.15, 0.2) is 0 Å². The van der Waals surface area contributed by atoms with E-state index in [0.717, 1.165) is 12.0 Å². The van der Waals surface area contributed by atoms with E-state index in [4.69, 9.17) is 16.1 Å². The number of hydrogen-bond donors (Lipinski definition) is 1. The summed E-state index contributed by atoms with van der Waals surface area (Å²) in [6.07, 6.45) is 0.746. The molecular weight excluding hydrogens is 252 g/mol. The number of nitrogens with zero attached hydrogens (tertiary/aromatic N) is 1. The van der Waals surface area contributed by atoms with Crippen LogP contribution in [0.5, 0.6) is 0 Å². The predicted octanol–water partition coefficient (Wildman–Crippen LogP) is 2.61. The number of nitrogens with one attached hydrogen (secondary N) is 1. The predicted molar refractivity (Wildman–Crippen MR) is 68.7 cm³/mol. The van der Waals surface area contributed by atoms with Crippen LogP contribution in [0, 0.1) is 6.92 Å². The van der Waals surface area contributed by atoms with Crippen LogP contribution in [0.15, 0.2) is 34.9 Å². The molecule has 0 unspecified atom stereocenters. The van der Waals surface area contributed by atoms with Gasteiger partial charge < -0.3 is 9.84 Å². The molecule has 5 heteroatoms. The summed E-state index contributed by atoms with van der Waals surface area (Å²) in [5.41, 5.74) is 1.81. The maximum Gasteiger partial charge on any atom is 0.289 e. The number of carbonyl (C=O) groups is 1. The molecule has 94 valence electrons. The van der Waals surface area contributed by atoms with Gasteiger partial charge in [-0.1, -0.05) is 28.9 Å². The number of hydrogen-bond acceptors (Lipinski definition) is 3. The third kappa shape index (κ3) is 3.34. The Bertz CT molecular complexity index is 534. The van der Waals surface area contributed by atoms with Gasteiger partial charge in [0.25, 0.3) is 5.91 Å². The standard InChI is InChI=1S/C13H13ClN2O2/c1-9-8-12(18-16-9)13(17)15-7-6-10-2-4-11(14)5-3-10/h2-5,8H,6-7H2,1H3,(H,15,17). The van der Waals surface area contributed by atoms with Gasteiger partial charge in [-0.3, -0.25) is 4.79 Å². The fourth-order valence-corrected chi connectivity index (χ4v) is 1.66. The molecule has 18 heavy (non-hydrogen) atoms. The van der Waals surface area contributed by atoms with E-state index in [9.17, 15) is 4.79 Å². The van der Waals surface area contributed by atoms with Crippen LogP contribution < -0.4 is 5.32 Å². The van der Waals surface area contributed by atoms with E-state index >= 15 is 0 Å². The summed E-state index contributed by atoms with van der Waals surface area (Å²) < 4.78 is 4.87. The molecule has 1 N–H and O–H groups in total. The van der Waals surface area contributed by atoms with Crippen LogP contribution >= 0.6 is 11.6 Å². The molecule has 2 aromatic rings. The maximum absolute atomic E-state index is 11.6. The first-order valence-corrected chi connectivity index (χ1v) is 5.99. The highest BCUT2D eigenvalue weighted by molar-refractivity contribution is 6.30. The molecule has 0 atom stereocenters. The average Bonchev–Trinajstić information content (AvgIpc) is 2.78. The molecule has 0 fully saturated rings. The zero-order chi connectivity index (χ0) is 13.0. The van der Waals surface area contributed by atoms with Crippen LogP contribution in [0.25, 0.3) is 0 Å². The van der Waals surface area contributed by atoms with Crippen molar-refractivity contribution in [3.05, 3.63) is 52.4 Å². The van der Waals surface area contributed by atoms with Gasteiger partial charge in [-0.2, -0.15) is 0 Å². The van der Waals surface area contributed by atoms with E-state index < -0.39 is 0 Å². The van der Waals surface area contributed by atoms with Gasteiger partial charge in [-0.15, -0.1) is 0 Å². The van der Waals surface area contributed by atoms with E-state index in [1.165, 1.54) is 0 Å². The Kier molecular flexibility index (Phi) is 3.99. The summed E-state index contributed by atoms with van der Waals surface area (Å²) in [5.74, 6) is -0.00632. The number of aryl methyl sites for hydroxylation is 1. The molecule has 0 saturated carbocycles. The third-order valence-electron chi connectivity index (χ3n) is 2.46. The van der Waals surface area contributed by atoms with Crippen LogP contribution in [0.4, 0.5) is 0 Å². The minimum absolute atomic E-state index is 0.239. The molecule has 0 bridgehead atoms. The van der Waals surface area contributed by atoms with Gasteiger partial charge in [0.1, 0.15) is 0 Å². The van der Waals surface area contributed by atoms with Crippen LogP contribution in [0.2, 0.25) is 5.02 Å². The molecule has 1 aromatic carbocycles. The second kappa shape index (κ2) is 5.69. The summed E-state index contributed by atoms with van der Waals surface area (Å²) in [5, 5.41) is 7.14. The number of amides is 1. The summed E-state index contributed by atoms with van der Waals surface area (Å²) in [6, 6.07) is 9.15. The Morgan fingerprint density at radius 1 is 1.39 bits per heavy atom. The Balaban J connectivity index is 1.82. The molecular formula is C13H13ClN2O2. The van der Waals surface area contributed by atoms with Crippen molar-refractivity contribution in [2.45, 2.75) is 13.3 Å². The molecule has 0 saturated heterocycles. The van der Waals surface area contributed by atoms with E-state index in [2.05, 4.69) is 10.5 Å². The van der Waals surface area contributed by atoms with Crippen molar-refractivity contribution in [2.24, 2.45) is 0 Å². The molecule has 0 aliphatic carbocycles. The molecule has 4 nitrogen and oxygen atoms in total. The monoisotopic (exact) mass is 264 g/mol. The van der Waals surface area contributed by atoms with E-state index in [1.807, 2.05) is 24.3 Å². The highest BCUT2D eigenvalue weighted by Gasteiger charge is 2.10. The molecule has 1 amide bonds. The SMILES string of the molecule is Cc1cc(C(=O)NCCc2ccc(Cl)cc2)on1. The fraction of sp³-hybridized carbons (Fsp3) is 0.231. The lowest BCUT2D eigenvalue weighted by Crippen LogP contribution is -2.25. The summed E-state index contributed by atoms with van der Waals surface area (Å²) >= 11 is 5.79. The Morgan fingerprint density at radius 2 is 2.11 bits per heavy atom. The molecule has 1 aromatic heterocycles. The van der Waals surface area contributed by atoms with Crippen LogP contribution in [-0.2, 0) is 6.42 Å². The summed E-state index contributed by atoms with van der Waals surface area (Å²) in [7, 11) is 0. The highest BCUT2D eigenvalue weighted by Crippen LogP contribution is 2.09. The largest absolute Gasteiger partial charge is 0.351 e. The number of rotatable bonds is 4. The first-order chi connectivity index (χ1) is 8.65. The molecule has 1 heterocycles. The molecule has 0 aliphatic heterocycles. The Labute approximate surface area is 110 Å². The first-order valence-electron chi connectivity index (χ1n) is 5.61. The van der Waals surface area contributed by atoms with Crippen molar-refractivity contribution in [2.75, 3.05) is 6.54 Å². The normalized spacial score (nSPS) is 10.3. The van der Waals surface area contributed by atoms with Gasteiger partial charge in [-0.25, -0.2) is 0 Å². The van der Waals surface area contributed by atoms with Gasteiger partial charge >= 0.3 is 0 Å². The lowest BCUT2D eigenvalue weighted by atomic mass is 10.1. The van der Waals surface area contributed by atoms with E-state index in [0.29, 0.717) is 17.3 Å². The second-order valence-electron chi connectivity index (χ2n) is 3.96. The topological polar surface area (TPSA) is 55.1 Å². The third-order valence-corrected chi connectivity index (χ3v) is 2.72. The molecule has 0 aliphatic rings. The quantitative estimate of drug-likeness (QED) is 0.924. The number of aromatic nitrogens is 1. The lowest BCUT2D eigenvalue weighted by Gasteiger charge is -2.03. The zero-order valence-corrected chi connectivity index (χ0v) is 10.7. The molecule has 0 spiro atoms. The maximum atomic E-state index is 11.6. The van der Waals surface area contributed by atoms with Crippen LogP contribution in [-0.4, -0.2) is 17.6 Å². The van der Waals surface area contributed by atoms with Crippen molar-refractivity contribution in [3.8, 4) is 0 Å². The fourth-order valence-electron chi connectivity index (χ4n) is 1.53. The van der Waals surface area contributed by atoms with Gasteiger partial charge in [-0.05, 0) is 31.0 Å². The van der Waals surface area contributed by atoms with Gasteiger partial charge in [0.2, 0.25) is 5.76 Å². The van der Waals surface area contributed by atoms with Crippen LogP contribution in [0.3, 0.4) is 0 Å². The number of carbonyl (C=O) groups excluding carboxylic acids is 1. The Hall–Kier alpha value is -1.81. The van der Waals surface area contributed by atoms with Crippen molar-refractivity contribution in [1.82, 2.24) is 10.5 Å². The second-order valence-corrected chi connectivity index (χ2v) is 4.40. The minimum Gasteiger partial charge on any atom is -0.351 e. The first kappa shape index (κ1) is 12.6. The van der Waals surface area contributed by atoms with E-state index in [1.54, 1.807) is 13.0 Å². The Morgan fingerprint density at radius 3 is 2.72 bits per heavy atom. The number of halogens is 1. The number of benzene rings is 1. The zero-order valence-electron chi connectivity index (χ0n) is 9.94. The van der Waals surface area contributed by atoms with E-state index in [-0.39, 0.29) is 11.7 Å². The molecule has 2 rings (SSSR count). The van der Waals surface area contributed by atoms with Crippen molar-refractivity contribution >= 4 is 17.5 Å². The summed E-state index contributed by atoms with van der Waals surface area (Å²) in [4.78, 5) is 11.6. The smallest absolute Gasteiger partial charge is 0.289 e. The molecule has 0 radical (unpaired) electrons. The van der Waals surface area contributed by atoms with Crippen molar-refractivity contribution in [3.63, 3.8) is 0 Å². The average molecular weight is 265 g/mol. The van der Waals surface area contributed by atoms with Crippen molar-refractivity contribution in [1.29, 1.82) is 0 Å². The van der Waals surface area contributed by atoms with Gasteiger partial charge in [0.05, 0.1) is 5.69 Å². The summed E-state index contributed by atoms with van der Waals surface area (Å²) in [6.45, 7) is 2.31. The lowest BCUT2D eigenvalue weighted by molar-refractivity contribution is 0.0917.